The average molecular weight is 285 g/mol. The maximum atomic E-state index is 12.0. The van der Waals surface area contributed by atoms with Crippen molar-refractivity contribution in [3.8, 4) is 0 Å². The van der Waals surface area contributed by atoms with Gasteiger partial charge in [-0.25, -0.2) is 4.98 Å². The number of nitrogens with zero attached hydrogens (tertiary/aromatic N) is 2. The second-order valence-corrected chi connectivity index (χ2v) is 5.48. The van der Waals surface area contributed by atoms with Crippen LogP contribution in [0.2, 0.25) is 0 Å². The van der Waals surface area contributed by atoms with Crippen molar-refractivity contribution in [2.75, 3.05) is 0 Å². The summed E-state index contributed by atoms with van der Waals surface area (Å²) in [6, 6.07) is 6.27. The smallest absolute Gasteiger partial charge is 0.220 e. The molecule has 4 nitrogen and oxygen atoms in total. The van der Waals surface area contributed by atoms with E-state index < -0.39 is 0 Å². The van der Waals surface area contributed by atoms with Crippen molar-refractivity contribution in [1.29, 1.82) is 0 Å². The van der Waals surface area contributed by atoms with Gasteiger partial charge in [0.15, 0.2) is 0 Å². The summed E-state index contributed by atoms with van der Waals surface area (Å²) in [4.78, 5) is 16.0. The Morgan fingerprint density at radius 2 is 2.19 bits per heavy atom. The van der Waals surface area contributed by atoms with Crippen LogP contribution >= 0.6 is 0 Å². The van der Waals surface area contributed by atoms with Crippen molar-refractivity contribution in [1.82, 2.24) is 14.9 Å². The molecule has 0 saturated heterocycles. The zero-order valence-electron chi connectivity index (χ0n) is 13.0. The Labute approximate surface area is 126 Å². The Balaban J connectivity index is 1.83. The van der Waals surface area contributed by atoms with Crippen molar-refractivity contribution in [2.45, 2.75) is 46.2 Å². The third-order valence-corrected chi connectivity index (χ3v) is 3.87. The SMILES string of the molecule is Cc1cccc(C(C)NC(=O)CCCn2ccnc2)c1C. The van der Waals surface area contributed by atoms with Crippen LogP contribution in [0.1, 0.15) is 42.5 Å². The van der Waals surface area contributed by atoms with Gasteiger partial charge in [0.1, 0.15) is 0 Å². The van der Waals surface area contributed by atoms with Crippen LogP contribution in [0.15, 0.2) is 36.9 Å². The van der Waals surface area contributed by atoms with Gasteiger partial charge in [-0.05, 0) is 43.9 Å². The lowest BCUT2D eigenvalue weighted by atomic mass is 9.98. The molecule has 1 unspecified atom stereocenters. The van der Waals surface area contributed by atoms with Crippen molar-refractivity contribution in [3.05, 3.63) is 53.6 Å². The van der Waals surface area contributed by atoms with Gasteiger partial charge in [0.25, 0.3) is 0 Å². The van der Waals surface area contributed by atoms with E-state index >= 15 is 0 Å². The third kappa shape index (κ3) is 4.18. The third-order valence-electron chi connectivity index (χ3n) is 3.87. The van der Waals surface area contributed by atoms with E-state index in [0.717, 1.165) is 13.0 Å². The summed E-state index contributed by atoms with van der Waals surface area (Å²) < 4.78 is 1.99. The molecule has 1 atom stereocenters. The van der Waals surface area contributed by atoms with E-state index in [0.29, 0.717) is 6.42 Å². The van der Waals surface area contributed by atoms with Crippen molar-refractivity contribution < 1.29 is 4.79 Å². The highest BCUT2D eigenvalue weighted by Crippen LogP contribution is 2.20. The molecule has 2 rings (SSSR count). The summed E-state index contributed by atoms with van der Waals surface area (Å²) in [5, 5.41) is 3.08. The fraction of sp³-hybridized carbons (Fsp3) is 0.412. The van der Waals surface area contributed by atoms with E-state index in [9.17, 15) is 4.79 Å². The molecule has 0 aliphatic carbocycles. The lowest BCUT2D eigenvalue weighted by molar-refractivity contribution is -0.121. The number of amides is 1. The number of aryl methyl sites for hydroxylation is 2. The molecular weight excluding hydrogens is 262 g/mol. The number of hydrogen-bond acceptors (Lipinski definition) is 2. The van der Waals surface area contributed by atoms with Gasteiger partial charge >= 0.3 is 0 Å². The number of benzene rings is 1. The second kappa shape index (κ2) is 7.07. The summed E-state index contributed by atoms with van der Waals surface area (Å²) in [5.41, 5.74) is 3.70. The summed E-state index contributed by atoms with van der Waals surface area (Å²) in [6.45, 7) is 7.06. The summed E-state index contributed by atoms with van der Waals surface area (Å²) in [7, 11) is 0. The van der Waals surface area contributed by atoms with Gasteiger partial charge in [-0.2, -0.15) is 0 Å². The fourth-order valence-electron chi connectivity index (χ4n) is 2.48. The lowest BCUT2D eigenvalue weighted by Gasteiger charge is -2.18. The quantitative estimate of drug-likeness (QED) is 0.886. The maximum Gasteiger partial charge on any atom is 0.220 e. The first-order valence-electron chi connectivity index (χ1n) is 7.39. The van der Waals surface area contributed by atoms with Crippen molar-refractivity contribution >= 4 is 5.91 Å². The molecule has 0 spiro atoms. The number of aromatic nitrogens is 2. The monoisotopic (exact) mass is 285 g/mol. The van der Waals surface area contributed by atoms with Crippen LogP contribution < -0.4 is 5.32 Å². The van der Waals surface area contributed by atoms with Gasteiger partial charge in [-0.15, -0.1) is 0 Å². The van der Waals surface area contributed by atoms with E-state index in [1.54, 1.807) is 12.5 Å². The molecule has 2 aromatic rings. The molecule has 0 aliphatic heterocycles. The number of rotatable bonds is 6. The molecule has 21 heavy (non-hydrogen) atoms. The minimum Gasteiger partial charge on any atom is -0.350 e. The van der Waals surface area contributed by atoms with Gasteiger partial charge in [0.2, 0.25) is 5.91 Å². The minimum absolute atomic E-state index is 0.0469. The van der Waals surface area contributed by atoms with Gasteiger partial charge in [0.05, 0.1) is 12.4 Å². The first kappa shape index (κ1) is 15.3. The molecule has 1 N–H and O–H groups in total. The molecule has 1 aromatic heterocycles. The van der Waals surface area contributed by atoms with Crippen LogP contribution in [-0.2, 0) is 11.3 Å². The van der Waals surface area contributed by atoms with Gasteiger partial charge in [-0.3, -0.25) is 4.79 Å². The van der Waals surface area contributed by atoms with Gasteiger partial charge in [-0.1, -0.05) is 18.2 Å². The van der Waals surface area contributed by atoms with Crippen LogP contribution in [-0.4, -0.2) is 15.5 Å². The molecular formula is C17H23N3O. The highest BCUT2D eigenvalue weighted by atomic mass is 16.1. The van der Waals surface area contributed by atoms with Crippen LogP contribution in [0.25, 0.3) is 0 Å². The number of imidazole rings is 1. The zero-order chi connectivity index (χ0) is 15.2. The Hall–Kier alpha value is -2.10. The summed E-state index contributed by atoms with van der Waals surface area (Å²) in [5.74, 6) is 0.100. The average Bonchev–Trinajstić information content (AvgIpc) is 2.95. The molecule has 1 heterocycles. The molecule has 4 heteroatoms. The Morgan fingerprint density at radius 1 is 1.38 bits per heavy atom. The van der Waals surface area contributed by atoms with E-state index in [-0.39, 0.29) is 11.9 Å². The largest absolute Gasteiger partial charge is 0.350 e. The molecule has 0 saturated carbocycles. The predicted octanol–water partition coefficient (Wildman–Crippen LogP) is 3.16. The molecule has 0 bridgehead atoms. The first-order valence-corrected chi connectivity index (χ1v) is 7.39. The minimum atomic E-state index is 0.0469. The van der Waals surface area contributed by atoms with Crippen LogP contribution in [0.4, 0.5) is 0 Å². The van der Waals surface area contributed by atoms with Crippen molar-refractivity contribution in [2.24, 2.45) is 0 Å². The number of hydrogen-bond donors (Lipinski definition) is 1. The molecule has 112 valence electrons. The van der Waals surface area contributed by atoms with E-state index in [1.807, 2.05) is 23.8 Å². The molecule has 0 radical (unpaired) electrons. The summed E-state index contributed by atoms with van der Waals surface area (Å²) >= 11 is 0. The molecule has 1 aromatic carbocycles. The maximum absolute atomic E-state index is 12.0. The van der Waals surface area contributed by atoms with Crippen LogP contribution in [0.5, 0.6) is 0 Å². The van der Waals surface area contributed by atoms with Gasteiger partial charge < -0.3 is 9.88 Å². The summed E-state index contributed by atoms with van der Waals surface area (Å²) in [6.07, 6.45) is 6.80. The highest BCUT2D eigenvalue weighted by Gasteiger charge is 2.12. The van der Waals surface area contributed by atoms with E-state index in [2.05, 4.69) is 36.3 Å². The zero-order valence-corrected chi connectivity index (χ0v) is 13.0. The Morgan fingerprint density at radius 3 is 2.90 bits per heavy atom. The number of carbonyl (C=O) groups is 1. The van der Waals surface area contributed by atoms with Gasteiger partial charge in [0, 0.05) is 25.4 Å². The van der Waals surface area contributed by atoms with Crippen molar-refractivity contribution in [3.63, 3.8) is 0 Å². The first-order chi connectivity index (χ1) is 10.1. The molecule has 0 fully saturated rings. The Bertz CT molecular complexity index is 590. The standard InChI is InChI=1S/C17H23N3O/c1-13-6-4-7-16(14(13)2)15(3)19-17(21)8-5-10-20-11-9-18-12-20/h4,6-7,9,11-12,15H,5,8,10H2,1-3H3,(H,19,21). The van der Waals surface area contributed by atoms with E-state index in [1.165, 1.54) is 16.7 Å². The number of nitrogens with one attached hydrogen (secondary N) is 1. The highest BCUT2D eigenvalue weighted by molar-refractivity contribution is 5.76. The van der Waals surface area contributed by atoms with Crippen LogP contribution in [0, 0.1) is 13.8 Å². The molecule has 0 aliphatic rings. The Kier molecular flexibility index (Phi) is 5.14. The molecule has 1 amide bonds. The number of carbonyl (C=O) groups excluding carboxylic acids is 1. The second-order valence-electron chi connectivity index (χ2n) is 5.48. The van der Waals surface area contributed by atoms with E-state index in [4.69, 9.17) is 0 Å². The topological polar surface area (TPSA) is 46.9 Å². The lowest BCUT2D eigenvalue weighted by Crippen LogP contribution is -2.27. The predicted molar refractivity (Wildman–Crippen MR) is 83.9 cm³/mol. The van der Waals surface area contributed by atoms with Crippen LogP contribution in [0.3, 0.4) is 0 Å². The normalized spacial score (nSPS) is 12.1. The fourth-order valence-corrected chi connectivity index (χ4v) is 2.48.